The van der Waals surface area contributed by atoms with Crippen LogP contribution < -0.4 is 14.8 Å². The molecule has 0 radical (unpaired) electrons. The van der Waals surface area contributed by atoms with Gasteiger partial charge in [-0.3, -0.25) is 0 Å². The predicted molar refractivity (Wildman–Crippen MR) is 76.3 cm³/mol. The third-order valence-electron chi connectivity index (χ3n) is 2.29. The minimum atomic E-state index is 0.311. The third kappa shape index (κ3) is 3.46. The molecule has 0 heterocycles. The van der Waals surface area contributed by atoms with Crippen molar-refractivity contribution in [1.82, 2.24) is 0 Å². The number of rotatable bonds is 3. The molecule has 1 N–H and O–H groups in total. The van der Waals surface area contributed by atoms with Crippen LogP contribution in [0, 0.1) is 0 Å². The van der Waals surface area contributed by atoms with Crippen LogP contribution >= 0.6 is 12.2 Å². The van der Waals surface area contributed by atoms with Gasteiger partial charge in [-0.05, 0) is 48.6 Å². The van der Waals surface area contributed by atoms with Crippen LogP contribution in [0.4, 0.5) is 5.69 Å². The highest BCUT2D eigenvalue weighted by Gasteiger charge is 2.01. The highest BCUT2D eigenvalue weighted by molar-refractivity contribution is 7.80. The first-order valence-electron chi connectivity index (χ1n) is 5.46. The van der Waals surface area contributed by atoms with Gasteiger partial charge in [0.2, 0.25) is 0 Å². The lowest BCUT2D eigenvalue weighted by Crippen LogP contribution is -2.16. The lowest BCUT2D eigenvalue weighted by Gasteiger charge is -2.09. The number of para-hydroxylation sites is 1. The Bertz CT molecular complexity index is 511. The molecular weight excluding hydrogens is 246 g/mol. The van der Waals surface area contributed by atoms with Crippen molar-refractivity contribution in [3.8, 4) is 11.5 Å². The standard InChI is InChI=1S/C14H13NO2S/c1-16-12-7-9-13(10-8-12)17-14(18)15-11-5-3-2-4-6-11/h2-10H,1H3,(H,15,18). The first-order chi connectivity index (χ1) is 8.78. The second kappa shape index (κ2) is 6.02. The van der Waals surface area contributed by atoms with Gasteiger partial charge in [0.1, 0.15) is 11.5 Å². The molecule has 0 saturated heterocycles. The van der Waals surface area contributed by atoms with E-state index in [4.69, 9.17) is 21.7 Å². The van der Waals surface area contributed by atoms with E-state index in [1.807, 2.05) is 42.5 Å². The van der Waals surface area contributed by atoms with E-state index in [0.717, 1.165) is 11.4 Å². The molecule has 3 nitrogen and oxygen atoms in total. The normalized spacial score (nSPS) is 9.61. The summed E-state index contributed by atoms with van der Waals surface area (Å²) in [6.07, 6.45) is 0. The summed E-state index contributed by atoms with van der Waals surface area (Å²) < 4.78 is 10.5. The Balaban J connectivity index is 1.94. The van der Waals surface area contributed by atoms with Gasteiger partial charge >= 0.3 is 0 Å². The number of nitrogens with one attached hydrogen (secondary N) is 1. The van der Waals surface area contributed by atoms with Crippen LogP contribution in [0.1, 0.15) is 0 Å². The minimum absolute atomic E-state index is 0.311. The molecule has 0 fully saturated rings. The molecule has 0 amide bonds. The molecule has 0 aromatic heterocycles. The van der Waals surface area contributed by atoms with Crippen LogP contribution in [0.3, 0.4) is 0 Å². The lowest BCUT2D eigenvalue weighted by molar-refractivity contribution is 0.414. The second-order valence-electron chi connectivity index (χ2n) is 3.56. The number of thiocarbonyl (C=S) groups is 1. The second-order valence-corrected chi connectivity index (χ2v) is 3.93. The van der Waals surface area contributed by atoms with E-state index in [1.54, 1.807) is 19.2 Å². The maximum atomic E-state index is 5.48. The maximum Gasteiger partial charge on any atom is 0.266 e. The molecule has 4 heteroatoms. The van der Waals surface area contributed by atoms with Crippen LogP contribution in [0.2, 0.25) is 0 Å². The van der Waals surface area contributed by atoms with Gasteiger partial charge in [0.25, 0.3) is 5.17 Å². The maximum absolute atomic E-state index is 5.48. The Morgan fingerprint density at radius 3 is 2.17 bits per heavy atom. The number of anilines is 1. The number of ether oxygens (including phenoxy) is 2. The van der Waals surface area contributed by atoms with Crippen LogP contribution in [0.15, 0.2) is 54.6 Å². The number of benzene rings is 2. The van der Waals surface area contributed by atoms with Crippen LogP contribution in [0.25, 0.3) is 0 Å². The molecule has 0 unspecified atom stereocenters. The quantitative estimate of drug-likeness (QED) is 0.855. The average Bonchev–Trinajstić information content (AvgIpc) is 2.40. The van der Waals surface area contributed by atoms with Gasteiger partial charge in [-0.15, -0.1) is 0 Å². The van der Waals surface area contributed by atoms with Crippen LogP contribution in [-0.2, 0) is 0 Å². The highest BCUT2D eigenvalue weighted by Crippen LogP contribution is 2.17. The van der Waals surface area contributed by atoms with E-state index in [-0.39, 0.29) is 0 Å². The smallest absolute Gasteiger partial charge is 0.266 e. The molecule has 0 saturated carbocycles. The van der Waals surface area contributed by atoms with Gasteiger partial charge in [-0.1, -0.05) is 18.2 Å². The topological polar surface area (TPSA) is 30.5 Å². The van der Waals surface area contributed by atoms with Gasteiger partial charge < -0.3 is 14.8 Å². The minimum Gasteiger partial charge on any atom is -0.497 e. The fourth-order valence-corrected chi connectivity index (χ4v) is 1.63. The summed E-state index contributed by atoms with van der Waals surface area (Å²) in [6, 6.07) is 16.9. The van der Waals surface area contributed by atoms with E-state index in [0.29, 0.717) is 10.9 Å². The molecule has 18 heavy (non-hydrogen) atoms. The Morgan fingerprint density at radius 1 is 0.944 bits per heavy atom. The molecule has 2 rings (SSSR count). The Hall–Kier alpha value is -2.07. The number of hydrogen-bond donors (Lipinski definition) is 1. The zero-order chi connectivity index (χ0) is 12.8. The van der Waals surface area contributed by atoms with Crippen molar-refractivity contribution in [2.75, 3.05) is 12.4 Å². The van der Waals surface area contributed by atoms with E-state index in [2.05, 4.69) is 5.32 Å². The van der Waals surface area contributed by atoms with Gasteiger partial charge in [-0.25, -0.2) is 0 Å². The molecule has 2 aromatic carbocycles. The van der Waals surface area contributed by atoms with Crippen molar-refractivity contribution < 1.29 is 9.47 Å². The van der Waals surface area contributed by atoms with Crippen LogP contribution in [-0.4, -0.2) is 12.3 Å². The summed E-state index contributed by atoms with van der Waals surface area (Å²) in [7, 11) is 1.62. The third-order valence-corrected chi connectivity index (χ3v) is 2.48. The van der Waals surface area contributed by atoms with Gasteiger partial charge in [0, 0.05) is 5.69 Å². The summed E-state index contributed by atoms with van der Waals surface area (Å²) in [5.41, 5.74) is 0.899. The number of hydrogen-bond acceptors (Lipinski definition) is 3. The van der Waals surface area contributed by atoms with Crippen molar-refractivity contribution in [3.05, 3.63) is 54.6 Å². The van der Waals surface area contributed by atoms with E-state index in [1.165, 1.54) is 0 Å². The van der Waals surface area contributed by atoms with E-state index in [9.17, 15) is 0 Å². The fraction of sp³-hybridized carbons (Fsp3) is 0.0714. The van der Waals surface area contributed by atoms with Crippen molar-refractivity contribution in [2.45, 2.75) is 0 Å². The molecule has 0 aliphatic heterocycles. The molecule has 2 aromatic rings. The highest BCUT2D eigenvalue weighted by atomic mass is 32.1. The van der Waals surface area contributed by atoms with Gasteiger partial charge in [0.15, 0.2) is 0 Å². The zero-order valence-electron chi connectivity index (χ0n) is 9.92. The summed E-state index contributed by atoms with van der Waals surface area (Å²) in [5.74, 6) is 1.45. The van der Waals surface area contributed by atoms with Crippen molar-refractivity contribution in [3.63, 3.8) is 0 Å². The first-order valence-corrected chi connectivity index (χ1v) is 5.87. The number of methoxy groups -OCH3 is 1. The molecule has 0 aliphatic rings. The molecule has 0 bridgehead atoms. The van der Waals surface area contributed by atoms with E-state index >= 15 is 0 Å². The molecule has 0 spiro atoms. The van der Waals surface area contributed by atoms with Gasteiger partial charge in [-0.2, -0.15) is 0 Å². The molecule has 0 aliphatic carbocycles. The summed E-state index contributed by atoms with van der Waals surface area (Å²) in [5, 5.41) is 3.31. The lowest BCUT2D eigenvalue weighted by atomic mass is 10.3. The van der Waals surface area contributed by atoms with E-state index < -0.39 is 0 Å². The van der Waals surface area contributed by atoms with Crippen LogP contribution in [0.5, 0.6) is 11.5 Å². The molecule has 0 atom stereocenters. The first kappa shape index (κ1) is 12.4. The molecular formula is C14H13NO2S. The Kier molecular flexibility index (Phi) is 4.15. The molecule has 92 valence electrons. The van der Waals surface area contributed by atoms with Crippen molar-refractivity contribution in [2.24, 2.45) is 0 Å². The average molecular weight is 259 g/mol. The largest absolute Gasteiger partial charge is 0.497 e. The Morgan fingerprint density at radius 2 is 1.56 bits per heavy atom. The Labute approximate surface area is 111 Å². The predicted octanol–water partition coefficient (Wildman–Crippen LogP) is 3.47. The van der Waals surface area contributed by atoms with Gasteiger partial charge in [0.05, 0.1) is 7.11 Å². The summed E-state index contributed by atoms with van der Waals surface area (Å²) in [4.78, 5) is 0. The van der Waals surface area contributed by atoms with Crippen molar-refractivity contribution >= 4 is 23.1 Å². The summed E-state index contributed by atoms with van der Waals surface area (Å²) in [6.45, 7) is 0. The zero-order valence-corrected chi connectivity index (χ0v) is 10.7. The fourth-order valence-electron chi connectivity index (χ4n) is 1.42. The monoisotopic (exact) mass is 259 g/mol. The SMILES string of the molecule is COc1ccc(OC(=S)Nc2ccccc2)cc1. The summed E-state index contributed by atoms with van der Waals surface area (Å²) >= 11 is 5.11. The van der Waals surface area contributed by atoms with Crippen molar-refractivity contribution in [1.29, 1.82) is 0 Å².